The maximum absolute atomic E-state index is 2.35. The molecule has 0 N–H and O–H groups in total. The lowest BCUT2D eigenvalue weighted by atomic mass is 10.0. The van der Waals surface area contributed by atoms with Crippen molar-refractivity contribution in [1.29, 1.82) is 0 Å². The number of rotatable bonds is 0. The Morgan fingerprint density at radius 1 is 0.800 bits per heavy atom. The molecule has 0 saturated heterocycles. The molecule has 0 saturated carbocycles. The first-order valence-corrected chi connectivity index (χ1v) is 6.18. The topological polar surface area (TPSA) is 0 Å². The molecule has 2 aliphatic carbocycles. The van der Waals surface area contributed by atoms with Gasteiger partial charge in [0.05, 0.1) is 0 Å². The van der Waals surface area contributed by atoms with Gasteiger partial charge in [-0.05, 0) is 59.3 Å². The van der Waals surface area contributed by atoms with Crippen molar-refractivity contribution in [1.82, 2.24) is 0 Å². The lowest BCUT2D eigenvalue weighted by Crippen LogP contribution is -1.85. The first kappa shape index (κ1) is 12.3. The van der Waals surface area contributed by atoms with E-state index in [4.69, 9.17) is 0 Å². The first-order chi connectivity index (χ1) is 7.18. The van der Waals surface area contributed by atoms with Crippen LogP contribution in [0.5, 0.6) is 0 Å². The van der Waals surface area contributed by atoms with Gasteiger partial charge in [0.25, 0.3) is 0 Å². The highest BCUT2D eigenvalue weighted by atomic mass is 14.0. The molecule has 0 bridgehead atoms. The van der Waals surface area contributed by atoms with E-state index in [-0.39, 0.29) is 0 Å². The molecule has 0 aromatic rings. The van der Waals surface area contributed by atoms with E-state index >= 15 is 0 Å². The summed E-state index contributed by atoms with van der Waals surface area (Å²) in [6.45, 7) is 6.57. The largest absolute Gasteiger partial charge is 0.0856 e. The fourth-order valence-corrected chi connectivity index (χ4v) is 2.05. The van der Waals surface area contributed by atoms with E-state index < -0.39 is 0 Å². The predicted molar refractivity (Wildman–Crippen MR) is 69.0 cm³/mol. The molecule has 0 atom stereocenters. The summed E-state index contributed by atoms with van der Waals surface area (Å²) < 4.78 is 0. The molecule has 0 radical (unpaired) electrons. The van der Waals surface area contributed by atoms with Crippen LogP contribution in [0.2, 0.25) is 0 Å². The molecule has 2 aliphatic rings. The van der Waals surface area contributed by atoms with Crippen LogP contribution in [0.1, 0.15) is 59.3 Å². The third-order valence-corrected chi connectivity index (χ3v) is 3.00. The van der Waals surface area contributed by atoms with Crippen LogP contribution in [0.25, 0.3) is 0 Å². The number of allylic oxidation sites excluding steroid dienone is 6. The highest BCUT2D eigenvalue weighted by Gasteiger charge is 1.95. The highest BCUT2D eigenvalue weighted by Crippen LogP contribution is 2.15. The molecule has 0 aromatic heterocycles. The maximum Gasteiger partial charge on any atom is -0.0285 e. The zero-order chi connectivity index (χ0) is 11.1. The standard InChI is InChI=1S/C8H12.C7H12/c1-7-4-3-5-8(2)6-7;1-7-5-3-2-4-6-7/h4,6H,3,5H2,1-2H3;5H,2-4,6H2,1H3. The smallest absolute Gasteiger partial charge is 0.0285 e. The number of hydrogen-bond acceptors (Lipinski definition) is 0. The summed E-state index contributed by atoms with van der Waals surface area (Å²) in [6, 6.07) is 0. The van der Waals surface area contributed by atoms with E-state index in [1.54, 1.807) is 5.57 Å². The van der Waals surface area contributed by atoms with Gasteiger partial charge < -0.3 is 0 Å². The van der Waals surface area contributed by atoms with Crippen LogP contribution in [0, 0.1) is 0 Å². The van der Waals surface area contributed by atoms with Crippen LogP contribution >= 0.6 is 0 Å². The molecule has 0 aromatic carbocycles. The van der Waals surface area contributed by atoms with E-state index in [0.29, 0.717) is 0 Å². The van der Waals surface area contributed by atoms with Gasteiger partial charge >= 0.3 is 0 Å². The Kier molecular flexibility index (Phi) is 5.45. The minimum atomic E-state index is 1.24. The molecule has 0 aliphatic heterocycles. The maximum atomic E-state index is 2.35. The van der Waals surface area contributed by atoms with Crippen molar-refractivity contribution in [2.45, 2.75) is 59.3 Å². The molecule has 84 valence electrons. The predicted octanol–water partition coefficient (Wildman–Crippen LogP) is 5.18. The summed E-state index contributed by atoms with van der Waals surface area (Å²) in [7, 11) is 0. The average molecular weight is 204 g/mol. The Balaban J connectivity index is 0.000000151. The molecule has 0 heteroatoms. The highest BCUT2D eigenvalue weighted by molar-refractivity contribution is 5.24. The third-order valence-electron chi connectivity index (χ3n) is 3.00. The van der Waals surface area contributed by atoms with Gasteiger partial charge in [-0.3, -0.25) is 0 Å². The fourth-order valence-electron chi connectivity index (χ4n) is 2.05. The van der Waals surface area contributed by atoms with Gasteiger partial charge in [-0.1, -0.05) is 34.9 Å². The zero-order valence-electron chi connectivity index (χ0n) is 10.5. The Labute approximate surface area is 94.8 Å². The van der Waals surface area contributed by atoms with Gasteiger partial charge in [-0.15, -0.1) is 0 Å². The lowest BCUT2D eigenvalue weighted by molar-refractivity contribution is 0.702. The molecule has 0 amide bonds. The molecule has 0 heterocycles. The van der Waals surface area contributed by atoms with E-state index in [1.165, 1.54) is 49.7 Å². The van der Waals surface area contributed by atoms with Crippen molar-refractivity contribution in [3.63, 3.8) is 0 Å². The monoisotopic (exact) mass is 204 g/mol. The van der Waals surface area contributed by atoms with E-state index in [0.717, 1.165) is 0 Å². The van der Waals surface area contributed by atoms with Gasteiger partial charge in [0, 0.05) is 0 Å². The quantitative estimate of drug-likeness (QED) is 0.477. The minimum Gasteiger partial charge on any atom is -0.0856 e. The molecular weight excluding hydrogens is 180 g/mol. The van der Waals surface area contributed by atoms with Gasteiger partial charge in [-0.25, -0.2) is 0 Å². The molecule has 15 heavy (non-hydrogen) atoms. The minimum absolute atomic E-state index is 1.24. The van der Waals surface area contributed by atoms with Crippen LogP contribution < -0.4 is 0 Å². The second-order valence-electron chi connectivity index (χ2n) is 4.77. The summed E-state index contributed by atoms with van der Waals surface area (Å²) in [5, 5.41) is 0. The Morgan fingerprint density at radius 2 is 1.60 bits per heavy atom. The van der Waals surface area contributed by atoms with E-state index in [9.17, 15) is 0 Å². The second kappa shape index (κ2) is 6.66. The normalized spacial score (nSPS) is 20.6. The summed E-state index contributed by atoms with van der Waals surface area (Å²) in [6.07, 6.45) is 14.9. The summed E-state index contributed by atoms with van der Waals surface area (Å²) in [5.41, 5.74) is 4.53. The Morgan fingerprint density at radius 3 is 1.93 bits per heavy atom. The van der Waals surface area contributed by atoms with E-state index in [1.807, 2.05) is 0 Å². The van der Waals surface area contributed by atoms with Crippen molar-refractivity contribution in [2.24, 2.45) is 0 Å². The molecule has 0 spiro atoms. The van der Waals surface area contributed by atoms with Gasteiger partial charge in [0.2, 0.25) is 0 Å². The fraction of sp³-hybridized carbons (Fsp3) is 0.600. The zero-order valence-corrected chi connectivity index (χ0v) is 10.5. The summed E-state index contributed by atoms with van der Waals surface area (Å²) >= 11 is 0. The molecule has 0 unspecified atom stereocenters. The molecular formula is C15H24. The van der Waals surface area contributed by atoms with Crippen LogP contribution in [0.4, 0.5) is 0 Å². The van der Waals surface area contributed by atoms with Crippen molar-refractivity contribution < 1.29 is 0 Å². The SMILES string of the molecule is CC1=CCCC(C)=C1.CC1=CCCCC1. The van der Waals surface area contributed by atoms with Crippen LogP contribution in [0.3, 0.4) is 0 Å². The van der Waals surface area contributed by atoms with Crippen molar-refractivity contribution in [2.75, 3.05) is 0 Å². The van der Waals surface area contributed by atoms with Crippen molar-refractivity contribution in [3.05, 3.63) is 34.9 Å². The van der Waals surface area contributed by atoms with E-state index in [2.05, 4.69) is 39.0 Å². The lowest BCUT2D eigenvalue weighted by Gasteiger charge is -2.05. The summed E-state index contributed by atoms with van der Waals surface area (Å²) in [4.78, 5) is 0. The molecule has 2 rings (SSSR count). The molecule has 0 fully saturated rings. The number of hydrogen-bond donors (Lipinski definition) is 0. The van der Waals surface area contributed by atoms with Crippen molar-refractivity contribution in [3.8, 4) is 0 Å². The van der Waals surface area contributed by atoms with Gasteiger partial charge in [0.1, 0.15) is 0 Å². The van der Waals surface area contributed by atoms with Crippen LogP contribution in [-0.2, 0) is 0 Å². The average Bonchev–Trinajstić information content (AvgIpc) is 2.19. The third kappa shape index (κ3) is 5.61. The van der Waals surface area contributed by atoms with Gasteiger partial charge in [0.15, 0.2) is 0 Å². The van der Waals surface area contributed by atoms with Crippen LogP contribution in [-0.4, -0.2) is 0 Å². The van der Waals surface area contributed by atoms with Crippen LogP contribution in [0.15, 0.2) is 34.9 Å². The Hall–Kier alpha value is -0.780. The Bertz CT molecular complexity index is 276. The van der Waals surface area contributed by atoms with Gasteiger partial charge in [-0.2, -0.15) is 0 Å². The van der Waals surface area contributed by atoms with Crippen molar-refractivity contribution >= 4 is 0 Å². The molecule has 0 nitrogen and oxygen atoms in total. The first-order valence-electron chi connectivity index (χ1n) is 6.18. The second-order valence-corrected chi connectivity index (χ2v) is 4.77. The summed E-state index contributed by atoms with van der Waals surface area (Å²) in [5.74, 6) is 0.